The largest absolute Gasteiger partial charge is 0.459 e. The molecule has 21 heteroatoms. The molecule has 4 aliphatic heterocycles. The summed E-state index contributed by atoms with van der Waals surface area (Å²) in [5.74, 6) is -2.88. The standard InChI is InChI=1S/C55H93FN6O14/c1-15-43-55(10,69)48(65)35(6)60(12)28-31(2)25-53(8,68)50(33(4)46(34(5)51(67)74-43)75-44-26-54(9,71-14)49(66)36(7)73-44)76-52-45(64)41(24-32(3)72-52)59(11)22-20-38-29-62(58-57-38)42(27-56)47(70-13)37-16-18-39(19-17-37)61-23-21-40(63)30-61/h16-19,29,31-36,40-50,52,63-66,68-69H,15,20-28,30H2,1-14H3/t31-,32-,33+,34-,35-,36+,40+,41+,42-,43-,44+,45-,46+,47-,48-,49+,50-,52+,53-,54-,55-/m1/s1. The molecule has 4 aliphatic rings. The van der Waals surface area contributed by atoms with Crippen molar-refractivity contribution in [1.29, 1.82) is 0 Å². The average Bonchev–Trinajstić information content (AvgIpc) is 4.04. The molecular weight excluding hydrogens is 988 g/mol. The monoisotopic (exact) mass is 1080 g/mol. The molecule has 0 saturated carbocycles. The first-order chi connectivity index (χ1) is 35.7. The lowest BCUT2D eigenvalue weighted by atomic mass is 9.77. The molecule has 434 valence electrons. The molecule has 1 aromatic carbocycles. The van der Waals surface area contributed by atoms with Gasteiger partial charge in [-0.2, -0.15) is 0 Å². The molecule has 76 heavy (non-hydrogen) atoms. The van der Waals surface area contributed by atoms with Gasteiger partial charge in [-0.1, -0.05) is 38.1 Å². The van der Waals surface area contributed by atoms with Gasteiger partial charge in [0.15, 0.2) is 12.6 Å². The number of nitrogens with zero attached hydrogens (tertiary/aromatic N) is 6. The summed E-state index contributed by atoms with van der Waals surface area (Å²) >= 11 is 0. The first-order valence-electron chi connectivity index (χ1n) is 27.5. The number of methoxy groups -OCH3 is 2. The Morgan fingerprint density at radius 3 is 2.24 bits per heavy atom. The van der Waals surface area contributed by atoms with Crippen molar-refractivity contribution >= 4 is 11.7 Å². The van der Waals surface area contributed by atoms with Crippen molar-refractivity contribution in [2.24, 2.45) is 17.8 Å². The van der Waals surface area contributed by atoms with Crippen LogP contribution in [0.2, 0.25) is 0 Å². The maximum Gasteiger partial charge on any atom is 0.311 e. The zero-order valence-electron chi connectivity index (χ0n) is 47.6. The maximum atomic E-state index is 14.9. The van der Waals surface area contributed by atoms with Crippen LogP contribution in [0.1, 0.15) is 125 Å². The molecule has 0 aliphatic carbocycles. The Morgan fingerprint density at radius 2 is 1.63 bits per heavy atom. The van der Waals surface area contributed by atoms with Crippen LogP contribution in [0.15, 0.2) is 30.5 Å². The number of hydrogen-bond donors (Lipinski definition) is 6. The summed E-state index contributed by atoms with van der Waals surface area (Å²) in [4.78, 5) is 20.5. The van der Waals surface area contributed by atoms with Crippen molar-refractivity contribution in [3.05, 3.63) is 41.7 Å². The van der Waals surface area contributed by atoms with Crippen LogP contribution in [0, 0.1) is 17.8 Å². The second-order valence-corrected chi connectivity index (χ2v) is 23.5. The van der Waals surface area contributed by atoms with Gasteiger partial charge < -0.3 is 78.5 Å². The number of carbonyl (C=O) groups excluding carboxylic acids is 1. The molecule has 4 fully saturated rings. The second-order valence-electron chi connectivity index (χ2n) is 23.5. The topological polar surface area (TPSA) is 243 Å². The minimum Gasteiger partial charge on any atom is -0.459 e. The van der Waals surface area contributed by atoms with E-state index in [1.165, 1.54) is 25.8 Å². The molecule has 0 amide bonds. The van der Waals surface area contributed by atoms with E-state index in [0.29, 0.717) is 44.6 Å². The van der Waals surface area contributed by atoms with Gasteiger partial charge in [-0.05, 0) is 112 Å². The molecule has 6 rings (SSSR count). The van der Waals surface area contributed by atoms with Crippen molar-refractivity contribution in [2.75, 3.05) is 66.1 Å². The molecule has 21 atom stereocenters. The summed E-state index contributed by atoms with van der Waals surface area (Å²) in [5, 5.41) is 78.7. The molecule has 0 radical (unpaired) electrons. The van der Waals surface area contributed by atoms with E-state index in [1.54, 1.807) is 54.7 Å². The summed E-state index contributed by atoms with van der Waals surface area (Å²) in [7, 11) is 6.75. The number of aliphatic hydroxyl groups is 6. The molecule has 4 saturated heterocycles. The second kappa shape index (κ2) is 26.1. The maximum absolute atomic E-state index is 14.9. The Morgan fingerprint density at radius 1 is 0.947 bits per heavy atom. The summed E-state index contributed by atoms with van der Waals surface area (Å²) < 4.78 is 60.6. The highest BCUT2D eigenvalue weighted by atomic mass is 19.1. The van der Waals surface area contributed by atoms with Gasteiger partial charge in [-0.3, -0.25) is 4.79 Å². The Kier molecular flexibility index (Phi) is 21.3. The Hall–Kier alpha value is -3.00. The summed E-state index contributed by atoms with van der Waals surface area (Å²) in [6, 6.07) is 5.85. The van der Waals surface area contributed by atoms with Crippen molar-refractivity contribution in [2.45, 2.75) is 216 Å². The number of halogens is 1. The molecule has 2 aromatic rings. The molecule has 20 nitrogen and oxygen atoms in total. The van der Waals surface area contributed by atoms with Crippen LogP contribution >= 0.6 is 0 Å². The van der Waals surface area contributed by atoms with Crippen molar-refractivity contribution in [3.8, 4) is 0 Å². The Balaban J connectivity index is 1.25. The normalized spacial score (nSPS) is 40.6. The molecule has 0 spiro atoms. The van der Waals surface area contributed by atoms with Crippen LogP contribution in [0.25, 0.3) is 0 Å². The van der Waals surface area contributed by atoms with E-state index in [-0.39, 0.29) is 31.3 Å². The van der Waals surface area contributed by atoms with E-state index in [0.717, 1.165) is 17.8 Å². The number of ether oxygens (including phenoxy) is 7. The first kappa shape index (κ1) is 62.2. The fraction of sp³-hybridized carbons (Fsp3) is 0.836. The molecule has 0 unspecified atom stereocenters. The van der Waals surface area contributed by atoms with E-state index >= 15 is 0 Å². The smallest absolute Gasteiger partial charge is 0.311 e. The van der Waals surface area contributed by atoms with Crippen LogP contribution < -0.4 is 4.90 Å². The zero-order valence-corrected chi connectivity index (χ0v) is 47.6. The average molecular weight is 1080 g/mol. The van der Waals surface area contributed by atoms with Crippen molar-refractivity contribution in [3.63, 3.8) is 0 Å². The van der Waals surface area contributed by atoms with Crippen LogP contribution in [0.4, 0.5) is 10.1 Å². The van der Waals surface area contributed by atoms with Crippen LogP contribution in [0.3, 0.4) is 0 Å². The lowest BCUT2D eigenvalue weighted by molar-refractivity contribution is -0.318. The van der Waals surface area contributed by atoms with E-state index in [2.05, 4.69) is 15.2 Å². The fourth-order valence-electron chi connectivity index (χ4n) is 12.4. The minimum atomic E-state index is -1.85. The van der Waals surface area contributed by atoms with Gasteiger partial charge in [-0.15, -0.1) is 5.10 Å². The lowest BCUT2D eigenvalue weighted by Gasteiger charge is -2.49. The number of anilines is 1. The quantitative estimate of drug-likeness (QED) is 0.132. The van der Waals surface area contributed by atoms with Gasteiger partial charge in [0.2, 0.25) is 0 Å². The number of aliphatic hydroxyl groups excluding tert-OH is 4. The number of alkyl halides is 1. The van der Waals surface area contributed by atoms with E-state index in [4.69, 9.17) is 33.2 Å². The SMILES string of the molecule is CC[C@H]1OC(=O)[C@H](C)[C@@H](O[C@H]2C[C@@](C)(OC)[C@@H](O)[C@H](C)O2)[C@H](C)[C@@H](O[C@@H]2O[C@H](C)C[C@H](N(C)CCc3cn([C@H](CF)[C@H](OC)c4ccc(N5CC[C@H](O)C5)cc4)nn3)[C@H]2O)[C@](C)(O)C[C@@H](C)CN(C)[C@H](C)[C@@H](O)[C@]1(C)O. The van der Waals surface area contributed by atoms with Crippen molar-refractivity contribution < 1.29 is 73.0 Å². The number of β-amino-alcohol motifs (C(OH)–C–C–N with tert-alkyl or cyclic N) is 1. The van der Waals surface area contributed by atoms with E-state index in [1.807, 2.05) is 62.0 Å². The van der Waals surface area contributed by atoms with Gasteiger partial charge in [-0.25, -0.2) is 9.07 Å². The third-order valence-electron chi connectivity index (χ3n) is 17.2. The summed E-state index contributed by atoms with van der Waals surface area (Å²) in [5.41, 5.74) is -2.24. The van der Waals surface area contributed by atoms with Crippen LogP contribution in [-0.4, -0.2) is 219 Å². The zero-order chi connectivity index (χ0) is 56.2. The molecule has 1 aromatic heterocycles. The highest BCUT2D eigenvalue weighted by Crippen LogP contribution is 2.41. The van der Waals surface area contributed by atoms with Gasteiger partial charge >= 0.3 is 5.97 Å². The predicted octanol–water partition coefficient (Wildman–Crippen LogP) is 3.57. The van der Waals surface area contributed by atoms with E-state index in [9.17, 15) is 39.8 Å². The first-order valence-corrected chi connectivity index (χ1v) is 27.5. The predicted molar refractivity (Wildman–Crippen MR) is 281 cm³/mol. The molecule has 6 N–H and O–H groups in total. The lowest BCUT2D eigenvalue weighted by Crippen LogP contribution is -2.61. The molecule has 5 heterocycles. The minimum absolute atomic E-state index is 0.0824. The highest BCUT2D eigenvalue weighted by Gasteiger charge is 2.53. The van der Waals surface area contributed by atoms with Crippen molar-refractivity contribution in [1.82, 2.24) is 24.8 Å². The number of rotatable bonds is 16. The number of esters is 1. The molecular formula is C55H93FN6O14. The van der Waals surface area contributed by atoms with Gasteiger partial charge in [0.05, 0.1) is 53.3 Å². The Labute approximate surface area is 450 Å². The van der Waals surface area contributed by atoms with Crippen LogP contribution in [0.5, 0.6) is 0 Å². The number of benzene rings is 1. The third-order valence-corrected chi connectivity index (χ3v) is 17.2. The van der Waals surface area contributed by atoms with Crippen LogP contribution in [-0.2, 0) is 44.4 Å². The number of cyclic esters (lactones) is 1. The highest BCUT2D eigenvalue weighted by molar-refractivity contribution is 5.73. The number of hydrogen-bond acceptors (Lipinski definition) is 19. The third kappa shape index (κ3) is 14.1. The fourth-order valence-corrected chi connectivity index (χ4v) is 12.4. The van der Waals surface area contributed by atoms with Gasteiger partial charge in [0.25, 0.3) is 0 Å². The number of carbonyl (C=O) groups is 1. The Bertz CT molecular complexity index is 2130. The summed E-state index contributed by atoms with van der Waals surface area (Å²) in [6.07, 6.45) is -7.67. The van der Waals surface area contributed by atoms with Gasteiger partial charge in [0.1, 0.15) is 48.8 Å². The molecule has 0 bridgehead atoms. The number of aromatic nitrogens is 3. The number of likely N-dealkylation sites (N-methyl/N-ethyl adjacent to an activating group) is 2. The van der Waals surface area contributed by atoms with E-state index < -0.39 is 127 Å². The van der Waals surface area contributed by atoms with Gasteiger partial charge in [0, 0.05) is 83.1 Å². The summed E-state index contributed by atoms with van der Waals surface area (Å²) in [6.45, 7) is 18.8.